The average molecular weight is 295 g/mol. The molecule has 19 heavy (non-hydrogen) atoms. The van der Waals surface area contributed by atoms with Gasteiger partial charge in [-0.1, -0.05) is 6.92 Å². The van der Waals surface area contributed by atoms with Crippen LogP contribution in [0.15, 0.2) is 0 Å². The number of rotatable bonds is 9. The number of carboxylic acid groups (broad SMARTS) is 2. The highest BCUT2D eigenvalue weighted by atomic mass is 31.2. The highest BCUT2D eigenvalue weighted by molar-refractivity contribution is 7.53. The molecule has 3 atom stereocenters. The topological polar surface area (TPSA) is 156 Å². The summed E-state index contributed by atoms with van der Waals surface area (Å²) in [5, 5.41) is 24.8. The van der Waals surface area contributed by atoms with Crippen molar-refractivity contribution < 1.29 is 34.2 Å². The lowest BCUT2D eigenvalue weighted by Crippen LogP contribution is -2.35. The Morgan fingerprint density at radius 2 is 1.74 bits per heavy atom. The van der Waals surface area contributed by atoms with Gasteiger partial charge in [-0.15, -0.1) is 0 Å². The number of carbonyl (C=O) groups is 2. The van der Waals surface area contributed by atoms with Crippen molar-refractivity contribution in [2.75, 3.05) is 0 Å². The van der Waals surface area contributed by atoms with E-state index in [1.807, 2.05) is 0 Å². The van der Waals surface area contributed by atoms with Gasteiger partial charge in [0.15, 0.2) is 5.66 Å². The van der Waals surface area contributed by atoms with Gasteiger partial charge < -0.3 is 25.4 Å². The lowest BCUT2D eigenvalue weighted by Gasteiger charge is -2.22. The molecule has 8 nitrogen and oxygen atoms in total. The Morgan fingerprint density at radius 1 is 1.21 bits per heavy atom. The van der Waals surface area contributed by atoms with E-state index in [1.165, 1.54) is 0 Å². The molecule has 5 N–H and O–H groups in total. The number of carboxylic acids is 2. The zero-order chi connectivity index (χ0) is 15.2. The Morgan fingerprint density at radius 3 is 2.00 bits per heavy atom. The van der Waals surface area contributed by atoms with Crippen LogP contribution in [0.2, 0.25) is 0 Å². The SMILES string of the molecule is CCC(C=N)CCC(C(=O)O)C(C(=O)O)P(=O)(O)O. The summed E-state index contributed by atoms with van der Waals surface area (Å²) in [5.74, 6) is -5.29. The predicted molar refractivity (Wildman–Crippen MR) is 66.4 cm³/mol. The van der Waals surface area contributed by atoms with Gasteiger partial charge in [0, 0.05) is 0 Å². The summed E-state index contributed by atoms with van der Waals surface area (Å²) in [7, 11) is -5.06. The van der Waals surface area contributed by atoms with E-state index in [-0.39, 0.29) is 18.8 Å². The first-order chi connectivity index (χ1) is 8.65. The van der Waals surface area contributed by atoms with Gasteiger partial charge in [0.05, 0.1) is 5.92 Å². The fraction of sp³-hybridized carbons (Fsp3) is 0.700. The predicted octanol–water partition coefficient (Wildman–Crippen LogP) is 0.774. The third kappa shape index (κ3) is 5.50. The Balaban J connectivity index is 5.08. The number of hydrogen-bond donors (Lipinski definition) is 5. The van der Waals surface area contributed by atoms with E-state index in [0.29, 0.717) is 6.42 Å². The molecular formula is C10H18NO7P. The molecule has 0 fully saturated rings. The summed E-state index contributed by atoms with van der Waals surface area (Å²) in [6, 6.07) is 0. The standard InChI is InChI=1S/C10H18NO7P/c1-2-6(5-11)3-4-7(9(12)13)8(10(14)15)19(16,17)18/h5-8,11H,2-4H2,1H3,(H,12,13)(H,14,15)(H2,16,17,18). The van der Waals surface area contributed by atoms with Crippen LogP contribution in [0.3, 0.4) is 0 Å². The van der Waals surface area contributed by atoms with Crippen LogP contribution in [0.1, 0.15) is 26.2 Å². The molecule has 0 saturated carbocycles. The second-order valence-electron chi connectivity index (χ2n) is 4.23. The van der Waals surface area contributed by atoms with Crippen LogP contribution in [0, 0.1) is 17.2 Å². The van der Waals surface area contributed by atoms with Crippen molar-refractivity contribution in [3.8, 4) is 0 Å². The minimum absolute atomic E-state index is 0.195. The number of nitrogens with one attached hydrogen (secondary N) is 1. The molecule has 110 valence electrons. The normalized spacial score (nSPS) is 16.4. The molecule has 0 spiro atoms. The second kappa shape index (κ2) is 7.37. The van der Waals surface area contributed by atoms with Crippen molar-refractivity contribution in [1.82, 2.24) is 0 Å². The van der Waals surface area contributed by atoms with Crippen molar-refractivity contribution in [1.29, 1.82) is 5.41 Å². The van der Waals surface area contributed by atoms with Crippen molar-refractivity contribution in [3.05, 3.63) is 0 Å². The Kier molecular flexibility index (Phi) is 6.89. The zero-order valence-electron chi connectivity index (χ0n) is 10.4. The molecule has 0 radical (unpaired) electrons. The van der Waals surface area contributed by atoms with Gasteiger partial charge in [0.1, 0.15) is 0 Å². The van der Waals surface area contributed by atoms with Crippen LogP contribution in [-0.4, -0.2) is 43.8 Å². The summed E-state index contributed by atoms with van der Waals surface area (Å²) in [6.07, 6.45) is 1.68. The molecule has 0 heterocycles. The maximum atomic E-state index is 11.1. The van der Waals surface area contributed by atoms with Gasteiger partial charge >= 0.3 is 19.5 Å². The van der Waals surface area contributed by atoms with Crippen molar-refractivity contribution in [2.45, 2.75) is 31.8 Å². The van der Waals surface area contributed by atoms with Gasteiger partial charge in [0.25, 0.3) is 0 Å². The highest BCUT2D eigenvalue weighted by Crippen LogP contribution is 2.46. The quantitative estimate of drug-likeness (QED) is 0.310. The van der Waals surface area contributed by atoms with E-state index >= 15 is 0 Å². The lowest BCUT2D eigenvalue weighted by atomic mass is 9.92. The van der Waals surface area contributed by atoms with E-state index < -0.39 is 31.1 Å². The molecule has 0 aliphatic rings. The molecule has 0 aromatic carbocycles. The maximum Gasteiger partial charge on any atom is 0.340 e. The lowest BCUT2D eigenvalue weighted by molar-refractivity contribution is -0.148. The third-order valence-electron chi connectivity index (χ3n) is 2.92. The Bertz CT molecular complexity index is 391. The van der Waals surface area contributed by atoms with Crippen molar-refractivity contribution in [2.24, 2.45) is 11.8 Å². The molecule has 0 aliphatic heterocycles. The first-order valence-electron chi connectivity index (χ1n) is 5.66. The second-order valence-corrected chi connectivity index (χ2v) is 5.96. The van der Waals surface area contributed by atoms with Gasteiger partial charge in [0.2, 0.25) is 0 Å². The molecule has 0 aromatic rings. The smallest absolute Gasteiger partial charge is 0.340 e. The molecule has 3 unspecified atom stereocenters. The summed E-state index contributed by atoms with van der Waals surface area (Å²) >= 11 is 0. The monoisotopic (exact) mass is 295 g/mol. The molecule has 0 saturated heterocycles. The molecule has 0 rings (SSSR count). The van der Waals surface area contributed by atoms with Crippen LogP contribution < -0.4 is 0 Å². The maximum absolute atomic E-state index is 11.1. The van der Waals surface area contributed by atoms with Crippen LogP contribution >= 0.6 is 7.60 Å². The average Bonchev–Trinajstić information content (AvgIpc) is 2.25. The summed E-state index contributed by atoms with van der Waals surface area (Å²) in [6.45, 7) is 1.78. The van der Waals surface area contributed by atoms with E-state index in [0.717, 1.165) is 6.21 Å². The largest absolute Gasteiger partial charge is 0.481 e. The number of aliphatic carboxylic acids is 2. The van der Waals surface area contributed by atoms with Crippen molar-refractivity contribution >= 4 is 25.7 Å². The molecular weight excluding hydrogens is 277 g/mol. The fourth-order valence-electron chi connectivity index (χ4n) is 1.77. The first kappa shape index (κ1) is 17.8. The Labute approximate surface area is 110 Å². The number of hydrogen-bond acceptors (Lipinski definition) is 4. The zero-order valence-corrected chi connectivity index (χ0v) is 11.3. The van der Waals surface area contributed by atoms with Crippen LogP contribution in [-0.2, 0) is 14.2 Å². The van der Waals surface area contributed by atoms with E-state index in [2.05, 4.69) is 0 Å². The third-order valence-corrected chi connectivity index (χ3v) is 4.23. The van der Waals surface area contributed by atoms with Gasteiger partial charge in [-0.25, -0.2) is 0 Å². The van der Waals surface area contributed by atoms with Crippen LogP contribution in [0.4, 0.5) is 0 Å². The summed E-state index contributed by atoms with van der Waals surface area (Å²) in [5.41, 5.74) is -2.26. The first-order valence-corrected chi connectivity index (χ1v) is 7.34. The van der Waals surface area contributed by atoms with Gasteiger partial charge in [-0.05, 0) is 31.4 Å². The molecule has 0 aliphatic carbocycles. The minimum atomic E-state index is -5.06. The van der Waals surface area contributed by atoms with Crippen LogP contribution in [0.5, 0.6) is 0 Å². The van der Waals surface area contributed by atoms with E-state index in [9.17, 15) is 14.2 Å². The Hall–Kier alpha value is -1.24. The van der Waals surface area contributed by atoms with E-state index in [4.69, 9.17) is 25.4 Å². The summed E-state index contributed by atoms with van der Waals surface area (Å²) in [4.78, 5) is 39.8. The van der Waals surface area contributed by atoms with Gasteiger partial charge in [-0.2, -0.15) is 0 Å². The van der Waals surface area contributed by atoms with Crippen LogP contribution in [0.25, 0.3) is 0 Å². The molecule has 9 heteroatoms. The molecule has 0 aromatic heterocycles. The molecule has 0 bridgehead atoms. The van der Waals surface area contributed by atoms with Gasteiger partial charge in [-0.3, -0.25) is 14.2 Å². The fourth-order valence-corrected chi connectivity index (χ4v) is 2.80. The highest BCUT2D eigenvalue weighted by Gasteiger charge is 2.45. The molecule has 0 amide bonds. The van der Waals surface area contributed by atoms with Crippen molar-refractivity contribution in [3.63, 3.8) is 0 Å². The van der Waals surface area contributed by atoms with E-state index in [1.54, 1.807) is 6.92 Å². The minimum Gasteiger partial charge on any atom is -0.481 e. The summed E-state index contributed by atoms with van der Waals surface area (Å²) < 4.78 is 11.1.